The fourth-order valence-corrected chi connectivity index (χ4v) is 4.71. The van der Waals surface area contributed by atoms with E-state index in [2.05, 4.69) is 22.2 Å². The molecule has 0 saturated carbocycles. The van der Waals surface area contributed by atoms with E-state index in [9.17, 15) is 4.79 Å². The van der Waals surface area contributed by atoms with Crippen LogP contribution in [-0.2, 0) is 4.74 Å². The van der Waals surface area contributed by atoms with Crippen molar-refractivity contribution in [3.05, 3.63) is 24.3 Å². The number of aromatic nitrogens is 1. The van der Waals surface area contributed by atoms with Crippen molar-refractivity contribution in [2.24, 2.45) is 0 Å². The summed E-state index contributed by atoms with van der Waals surface area (Å²) in [6, 6.07) is 8.98. The van der Waals surface area contributed by atoms with Gasteiger partial charge in [0, 0.05) is 24.9 Å². The predicted molar refractivity (Wildman–Crippen MR) is 91.9 cm³/mol. The lowest BCUT2D eigenvalue weighted by Gasteiger charge is -2.46. The van der Waals surface area contributed by atoms with Crippen LogP contribution in [0.1, 0.15) is 32.1 Å². The van der Waals surface area contributed by atoms with Crippen LogP contribution in [-0.4, -0.2) is 41.2 Å². The Bertz CT molecular complexity index is 670. The highest BCUT2D eigenvalue weighted by molar-refractivity contribution is 7.22. The molecule has 6 heteroatoms. The maximum atomic E-state index is 12.2. The molecule has 3 heterocycles. The van der Waals surface area contributed by atoms with Crippen molar-refractivity contribution in [3.8, 4) is 0 Å². The molecule has 122 valence electrons. The molecule has 5 nitrogen and oxygen atoms in total. The van der Waals surface area contributed by atoms with Gasteiger partial charge in [0.2, 0.25) is 0 Å². The van der Waals surface area contributed by atoms with Gasteiger partial charge >= 0.3 is 6.09 Å². The topological polar surface area (TPSA) is 54.5 Å². The number of carbonyl (C=O) groups is 1. The van der Waals surface area contributed by atoms with Gasteiger partial charge in [-0.2, -0.15) is 0 Å². The van der Waals surface area contributed by atoms with Crippen LogP contribution in [0.4, 0.5) is 9.93 Å². The molecular weight excluding hydrogens is 310 g/mol. The molecule has 1 aromatic carbocycles. The first kappa shape index (κ1) is 14.9. The minimum Gasteiger partial charge on any atom is -0.446 e. The summed E-state index contributed by atoms with van der Waals surface area (Å²) in [5.74, 6) is 0. The van der Waals surface area contributed by atoms with E-state index in [0.717, 1.165) is 23.1 Å². The van der Waals surface area contributed by atoms with Crippen molar-refractivity contribution in [1.29, 1.82) is 0 Å². The molecule has 2 saturated heterocycles. The van der Waals surface area contributed by atoms with E-state index in [0.29, 0.717) is 17.2 Å². The van der Waals surface area contributed by atoms with Gasteiger partial charge < -0.3 is 9.64 Å². The van der Waals surface area contributed by atoms with Crippen LogP contribution in [0.25, 0.3) is 10.2 Å². The number of anilines is 1. The van der Waals surface area contributed by atoms with E-state index in [1.54, 1.807) is 0 Å². The van der Waals surface area contributed by atoms with Gasteiger partial charge in [0.1, 0.15) is 6.10 Å². The third-order valence-corrected chi connectivity index (χ3v) is 6.02. The first-order valence-electron chi connectivity index (χ1n) is 8.24. The summed E-state index contributed by atoms with van der Waals surface area (Å²) < 4.78 is 6.73. The van der Waals surface area contributed by atoms with Crippen molar-refractivity contribution < 1.29 is 9.53 Å². The first-order valence-corrected chi connectivity index (χ1v) is 9.06. The fourth-order valence-electron chi connectivity index (χ4n) is 3.86. The minimum absolute atomic E-state index is 0.0240. The van der Waals surface area contributed by atoms with Gasteiger partial charge in [-0.25, -0.2) is 9.78 Å². The molecule has 2 aromatic rings. The number of amides is 1. The third kappa shape index (κ3) is 3.05. The Morgan fingerprint density at radius 2 is 2.04 bits per heavy atom. The Balaban J connectivity index is 1.38. The van der Waals surface area contributed by atoms with Gasteiger partial charge in [0.25, 0.3) is 0 Å². The largest absolute Gasteiger partial charge is 0.446 e. The molecule has 0 radical (unpaired) electrons. The zero-order valence-corrected chi connectivity index (χ0v) is 14.0. The fraction of sp³-hybridized carbons (Fsp3) is 0.529. The second-order valence-corrected chi connectivity index (χ2v) is 7.55. The van der Waals surface area contributed by atoms with Gasteiger partial charge in [0.05, 0.1) is 10.2 Å². The number of benzene rings is 1. The monoisotopic (exact) mass is 331 g/mol. The van der Waals surface area contributed by atoms with Gasteiger partial charge in [-0.15, -0.1) is 0 Å². The molecule has 1 amide bonds. The maximum absolute atomic E-state index is 12.2. The summed E-state index contributed by atoms with van der Waals surface area (Å²) in [5, 5.41) is 3.39. The second kappa shape index (κ2) is 6.09. The molecule has 0 spiro atoms. The van der Waals surface area contributed by atoms with Crippen LogP contribution in [0.3, 0.4) is 0 Å². The normalized spacial score (nSPS) is 27.8. The van der Waals surface area contributed by atoms with Crippen LogP contribution in [0.2, 0.25) is 0 Å². The molecular formula is C17H21N3O2S. The lowest BCUT2D eigenvalue weighted by Crippen LogP contribution is -2.52. The summed E-state index contributed by atoms with van der Waals surface area (Å²) in [6.07, 6.45) is 5.26. The maximum Gasteiger partial charge on any atom is 0.413 e. The Kier molecular flexibility index (Phi) is 3.95. The SMILES string of the molecule is CN1C2CCCC1CC(OC(=O)Nc1nc3ccccc3s1)C2. The number of nitrogens with one attached hydrogen (secondary N) is 1. The van der Waals surface area contributed by atoms with Crippen molar-refractivity contribution in [2.45, 2.75) is 50.3 Å². The van der Waals surface area contributed by atoms with Crippen molar-refractivity contribution in [3.63, 3.8) is 0 Å². The summed E-state index contributed by atoms with van der Waals surface area (Å²) in [7, 11) is 2.20. The van der Waals surface area contributed by atoms with Crippen LogP contribution >= 0.6 is 11.3 Å². The van der Waals surface area contributed by atoms with E-state index in [1.165, 1.54) is 30.6 Å². The summed E-state index contributed by atoms with van der Waals surface area (Å²) >= 11 is 1.47. The van der Waals surface area contributed by atoms with Gasteiger partial charge in [-0.05, 0) is 32.0 Å². The zero-order valence-electron chi connectivity index (χ0n) is 13.2. The number of fused-ring (bicyclic) bond motifs is 3. The Labute approximate surface area is 139 Å². The van der Waals surface area contributed by atoms with E-state index in [4.69, 9.17) is 4.74 Å². The van der Waals surface area contributed by atoms with Crippen molar-refractivity contribution in [1.82, 2.24) is 9.88 Å². The number of ether oxygens (including phenoxy) is 1. The molecule has 2 unspecified atom stereocenters. The van der Waals surface area contributed by atoms with E-state index >= 15 is 0 Å². The van der Waals surface area contributed by atoms with E-state index < -0.39 is 0 Å². The number of hydrogen-bond acceptors (Lipinski definition) is 5. The minimum atomic E-state index is -0.378. The first-order chi connectivity index (χ1) is 11.2. The third-order valence-electron chi connectivity index (χ3n) is 5.07. The molecule has 2 atom stereocenters. The summed E-state index contributed by atoms with van der Waals surface area (Å²) in [4.78, 5) is 19.1. The molecule has 0 aliphatic carbocycles. The quantitative estimate of drug-likeness (QED) is 0.908. The van der Waals surface area contributed by atoms with Crippen molar-refractivity contribution >= 4 is 32.8 Å². The van der Waals surface area contributed by atoms with Crippen molar-refractivity contribution in [2.75, 3.05) is 12.4 Å². The number of para-hydroxylation sites is 1. The summed E-state index contributed by atoms with van der Waals surface area (Å²) in [5.41, 5.74) is 0.904. The lowest BCUT2D eigenvalue weighted by molar-refractivity contribution is -0.0161. The molecule has 2 aliphatic heterocycles. The molecule has 2 fully saturated rings. The number of carbonyl (C=O) groups excluding carboxylic acids is 1. The predicted octanol–water partition coefficient (Wildman–Crippen LogP) is 3.86. The number of piperidine rings is 2. The number of rotatable bonds is 2. The number of hydrogen-bond donors (Lipinski definition) is 1. The van der Waals surface area contributed by atoms with Crippen LogP contribution in [0, 0.1) is 0 Å². The van der Waals surface area contributed by atoms with Gasteiger partial charge in [-0.3, -0.25) is 5.32 Å². The highest BCUT2D eigenvalue weighted by Gasteiger charge is 2.37. The average molecular weight is 331 g/mol. The second-order valence-electron chi connectivity index (χ2n) is 6.51. The van der Waals surface area contributed by atoms with Gasteiger partial charge in [0.15, 0.2) is 5.13 Å². The lowest BCUT2D eigenvalue weighted by atomic mass is 9.83. The van der Waals surface area contributed by atoms with Gasteiger partial charge in [-0.1, -0.05) is 29.9 Å². The summed E-state index contributed by atoms with van der Waals surface area (Å²) in [6.45, 7) is 0. The molecule has 4 rings (SSSR count). The van der Waals surface area contributed by atoms with Crippen LogP contribution < -0.4 is 5.32 Å². The smallest absolute Gasteiger partial charge is 0.413 e. The zero-order chi connectivity index (χ0) is 15.8. The molecule has 1 aromatic heterocycles. The highest BCUT2D eigenvalue weighted by atomic mass is 32.1. The highest BCUT2D eigenvalue weighted by Crippen LogP contribution is 2.34. The molecule has 2 bridgehead atoms. The van der Waals surface area contributed by atoms with Crippen LogP contribution in [0.15, 0.2) is 24.3 Å². The average Bonchev–Trinajstić information content (AvgIpc) is 2.90. The van der Waals surface area contributed by atoms with E-state index in [1.807, 2.05) is 24.3 Å². The molecule has 2 aliphatic rings. The Morgan fingerprint density at radius 1 is 1.30 bits per heavy atom. The van der Waals surface area contributed by atoms with Crippen LogP contribution in [0.5, 0.6) is 0 Å². The standard InChI is InChI=1S/C17H21N3O2S/c1-20-11-5-4-6-12(20)10-13(9-11)22-17(21)19-16-18-14-7-2-3-8-15(14)23-16/h2-3,7-8,11-13H,4-6,9-10H2,1H3,(H,18,19,21). The molecule has 1 N–H and O–H groups in total. The molecule has 23 heavy (non-hydrogen) atoms. The number of thiazole rings is 1. The van der Waals surface area contributed by atoms with E-state index in [-0.39, 0.29) is 12.2 Å². The Hall–Kier alpha value is -1.66. The Morgan fingerprint density at radius 3 is 2.78 bits per heavy atom. The number of nitrogens with zero attached hydrogens (tertiary/aromatic N) is 2.